The van der Waals surface area contributed by atoms with E-state index in [4.69, 9.17) is 9.47 Å². The Morgan fingerprint density at radius 2 is 1.75 bits per heavy atom. The summed E-state index contributed by atoms with van der Waals surface area (Å²) in [6.45, 7) is 3.48. The number of methoxy groups -OCH3 is 1. The number of hydrogen-bond acceptors (Lipinski definition) is 8. The van der Waals surface area contributed by atoms with E-state index in [1.165, 1.54) is 19.2 Å². The molecule has 1 aliphatic rings. The molecule has 10 nitrogen and oxygen atoms in total. The molecule has 2 aromatic carbocycles. The Kier molecular flexibility index (Phi) is 7.98. The van der Waals surface area contributed by atoms with Crippen molar-refractivity contribution >= 4 is 17.6 Å². The molecule has 0 radical (unpaired) electrons. The summed E-state index contributed by atoms with van der Waals surface area (Å²) >= 11 is 0. The van der Waals surface area contributed by atoms with Crippen LogP contribution in [0.5, 0.6) is 11.5 Å². The number of amides is 1. The lowest BCUT2D eigenvalue weighted by molar-refractivity contribution is -0.385. The number of ether oxygens (including phenoxy) is 3. The molecule has 1 heterocycles. The zero-order valence-electron chi connectivity index (χ0n) is 17.8. The summed E-state index contributed by atoms with van der Waals surface area (Å²) in [5.41, 5.74) is -0.367. The lowest BCUT2D eigenvalue weighted by atomic mass is 10.2. The van der Waals surface area contributed by atoms with Crippen LogP contribution in [0.15, 0.2) is 48.5 Å². The van der Waals surface area contributed by atoms with Gasteiger partial charge in [-0.3, -0.25) is 19.8 Å². The zero-order chi connectivity index (χ0) is 22.9. The minimum absolute atomic E-state index is 0.0326. The SMILES string of the molecule is COC(=O)c1ccc(OCC(=O)N2CCN(CCOc3ccccc3)CC2)c([N+](=O)[O-])c1. The summed E-state index contributed by atoms with van der Waals surface area (Å²) < 4.78 is 15.7. The van der Waals surface area contributed by atoms with Crippen molar-refractivity contribution < 1.29 is 28.7 Å². The van der Waals surface area contributed by atoms with Gasteiger partial charge in [-0.25, -0.2) is 4.79 Å². The third kappa shape index (κ3) is 6.17. The summed E-state index contributed by atoms with van der Waals surface area (Å²) in [6.07, 6.45) is 0. The number of nitro benzene ring substituents is 1. The molecule has 0 saturated carbocycles. The van der Waals surface area contributed by atoms with Gasteiger partial charge in [-0.05, 0) is 24.3 Å². The molecule has 0 bridgehead atoms. The summed E-state index contributed by atoms with van der Waals surface area (Å²) in [5.74, 6) is -0.195. The highest BCUT2D eigenvalue weighted by molar-refractivity contribution is 5.90. The first kappa shape index (κ1) is 23.0. The van der Waals surface area contributed by atoms with Crippen LogP contribution in [0.1, 0.15) is 10.4 Å². The highest BCUT2D eigenvalue weighted by Gasteiger charge is 2.24. The third-order valence-corrected chi connectivity index (χ3v) is 5.07. The lowest BCUT2D eigenvalue weighted by Crippen LogP contribution is -2.50. The Bertz CT molecular complexity index is 944. The van der Waals surface area contributed by atoms with Gasteiger partial charge in [-0.2, -0.15) is 0 Å². The number of rotatable bonds is 9. The fourth-order valence-corrected chi connectivity index (χ4v) is 3.29. The van der Waals surface area contributed by atoms with Gasteiger partial charge < -0.3 is 19.1 Å². The van der Waals surface area contributed by atoms with Crippen LogP contribution in [0, 0.1) is 10.1 Å². The van der Waals surface area contributed by atoms with E-state index in [0.29, 0.717) is 32.8 Å². The first-order valence-corrected chi connectivity index (χ1v) is 10.2. The van der Waals surface area contributed by atoms with E-state index >= 15 is 0 Å². The van der Waals surface area contributed by atoms with Crippen molar-refractivity contribution in [2.24, 2.45) is 0 Å². The Morgan fingerprint density at radius 3 is 2.41 bits per heavy atom. The number of carbonyl (C=O) groups excluding carboxylic acids is 2. The van der Waals surface area contributed by atoms with Crippen molar-refractivity contribution in [2.45, 2.75) is 0 Å². The van der Waals surface area contributed by atoms with Crippen LogP contribution in [0.4, 0.5) is 5.69 Å². The van der Waals surface area contributed by atoms with E-state index in [1.54, 1.807) is 4.90 Å². The fraction of sp³-hybridized carbons (Fsp3) is 0.364. The maximum atomic E-state index is 12.5. The summed E-state index contributed by atoms with van der Waals surface area (Å²) in [5, 5.41) is 11.3. The molecule has 1 amide bonds. The van der Waals surface area contributed by atoms with Gasteiger partial charge in [0.25, 0.3) is 5.91 Å². The van der Waals surface area contributed by atoms with Crippen LogP contribution in [0.25, 0.3) is 0 Å². The standard InChI is InChI=1S/C22H25N3O7/c1-30-22(27)17-7-8-20(19(15-17)25(28)29)32-16-21(26)24-11-9-23(10-12-24)13-14-31-18-5-3-2-4-6-18/h2-8,15H,9-14,16H2,1H3. The lowest BCUT2D eigenvalue weighted by Gasteiger charge is -2.34. The number of esters is 1. The molecule has 32 heavy (non-hydrogen) atoms. The molecular weight excluding hydrogens is 418 g/mol. The smallest absolute Gasteiger partial charge is 0.338 e. The van der Waals surface area contributed by atoms with Gasteiger partial charge in [-0.1, -0.05) is 18.2 Å². The highest BCUT2D eigenvalue weighted by atomic mass is 16.6. The van der Waals surface area contributed by atoms with Crippen molar-refractivity contribution in [1.29, 1.82) is 0 Å². The molecule has 0 atom stereocenters. The Morgan fingerprint density at radius 1 is 1.03 bits per heavy atom. The van der Waals surface area contributed by atoms with Crippen LogP contribution in [-0.2, 0) is 9.53 Å². The van der Waals surface area contributed by atoms with Gasteiger partial charge in [0, 0.05) is 38.8 Å². The van der Waals surface area contributed by atoms with E-state index < -0.39 is 16.6 Å². The van der Waals surface area contributed by atoms with Gasteiger partial charge >= 0.3 is 11.7 Å². The Hall–Kier alpha value is -3.66. The molecule has 0 unspecified atom stereocenters. The van der Waals surface area contributed by atoms with Crippen molar-refractivity contribution in [1.82, 2.24) is 9.80 Å². The van der Waals surface area contributed by atoms with E-state index in [2.05, 4.69) is 9.64 Å². The second kappa shape index (κ2) is 11.1. The van der Waals surface area contributed by atoms with E-state index in [-0.39, 0.29) is 23.8 Å². The number of nitrogens with zero attached hydrogens (tertiary/aromatic N) is 3. The summed E-state index contributed by atoms with van der Waals surface area (Å²) in [4.78, 5) is 38.6. The molecule has 0 spiro atoms. The molecule has 1 fully saturated rings. The third-order valence-electron chi connectivity index (χ3n) is 5.07. The average Bonchev–Trinajstić information content (AvgIpc) is 2.83. The molecule has 1 aliphatic heterocycles. The molecule has 1 saturated heterocycles. The maximum Gasteiger partial charge on any atom is 0.338 e. The van der Waals surface area contributed by atoms with Gasteiger partial charge in [-0.15, -0.1) is 0 Å². The summed E-state index contributed by atoms with van der Waals surface area (Å²) in [7, 11) is 1.19. The monoisotopic (exact) mass is 443 g/mol. The van der Waals surface area contributed by atoms with Gasteiger partial charge in [0.15, 0.2) is 12.4 Å². The van der Waals surface area contributed by atoms with Crippen LogP contribution in [0.2, 0.25) is 0 Å². The van der Waals surface area contributed by atoms with E-state index in [0.717, 1.165) is 18.4 Å². The molecule has 3 rings (SSSR count). The van der Waals surface area contributed by atoms with Gasteiger partial charge in [0.2, 0.25) is 0 Å². The highest BCUT2D eigenvalue weighted by Crippen LogP contribution is 2.28. The summed E-state index contributed by atoms with van der Waals surface area (Å²) in [6, 6.07) is 13.3. The van der Waals surface area contributed by atoms with Crippen LogP contribution in [0.3, 0.4) is 0 Å². The van der Waals surface area contributed by atoms with E-state index in [1.807, 2.05) is 30.3 Å². The average molecular weight is 443 g/mol. The van der Waals surface area contributed by atoms with Crippen molar-refractivity contribution in [2.75, 3.05) is 53.0 Å². The number of carbonyl (C=O) groups is 2. The van der Waals surface area contributed by atoms with Crippen molar-refractivity contribution in [3.8, 4) is 11.5 Å². The minimum Gasteiger partial charge on any atom is -0.492 e. The largest absolute Gasteiger partial charge is 0.492 e. The normalized spacial score (nSPS) is 14.0. The number of piperazine rings is 1. The molecule has 170 valence electrons. The topological polar surface area (TPSA) is 111 Å². The predicted octanol–water partition coefficient (Wildman–Crippen LogP) is 1.98. The minimum atomic E-state index is -0.692. The second-order valence-corrected chi connectivity index (χ2v) is 7.10. The number of nitro groups is 1. The second-order valence-electron chi connectivity index (χ2n) is 7.10. The van der Waals surface area contributed by atoms with E-state index in [9.17, 15) is 19.7 Å². The quantitative estimate of drug-likeness (QED) is 0.329. The van der Waals surface area contributed by atoms with Crippen molar-refractivity contribution in [3.05, 3.63) is 64.2 Å². The Balaban J connectivity index is 1.45. The van der Waals surface area contributed by atoms with Crippen LogP contribution in [-0.4, -0.2) is 79.6 Å². The van der Waals surface area contributed by atoms with Gasteiger partial charge in [0.1, 0.15) is 12.4 Å². The molecule has 2 aromatic rings. The fourth-order valence-electron chi connectivity index (χ4n) is 3.29. The molecule has 0 N–H and O–H groups in total. The molecule has 0 aromatic heterocycles. The maximum absolute atomic E-state index is 12.5. The first-order chi connectivity index (χ1) is 15.5. The first-order valence-electron chi connectivity index (χ1n) is 10.2. The molecule has 10 heteroatoms. The zero-order valence-corrected chi connectivity index (χ0v) is 17.8. The molecular formula is C22H25N3O7. The van der Waals surface area contributed by atoms with Crippen LogP contribution >= 0.6 is 0 Å². The molecule has 0 aliphatic carbocycles. The number of benzene rings is 2. The Labute approximate surface area is 185 Å². The number of hydrogen-bond donors (Lipinski definition) is 0. The predicted molar refractivity (Wildman–Crippen MR) is 115 cm³/mol. The number of para-hydroxylation sites is 1. The van der Waals surface area contributed by atoms with Crippen molar-refractivity contribution in [3.63, 3.8) is 0 Å². The van der Waals surface area contributed by atoms with Gasteiger partial charge in [0.05, 0.1) is 17.6 Å². The van der Waals surface area contributed by atoms with Crippen LogP contribution < -0.4 is 9.47 Å².